The van der Waals surface area contributed by atoms with Gasteiger partial charge in [-0.25, -0.2) is 0 Å². The monoisotopic (exact) mass is 417 g/mol. The Hall–Kier alpha value is -2.69. The fourth-order valence-electron chi connectivity index (χ4n) is 2.99. The van der Waals surface area contributed by atoms with Gasteiger partial charge in [-0.15, -0.1) is 11.3 Å². The van der Waals surface area contributed by atoms with Crippen LogP contribution in [0.3, 0.4) is 0 Å². The lowest BCUT2D eigenvalue weighted by atomic mass is 10.2. The van der Waals surface area contributed by atoms with Gasteiger partial charge in [-0.2, -0.15) is 0 Å². The Balaban J connectivity index is 1.66. The normalized spacial score (nSPS) is 12.7. The van der Waals surface area contributed by atoms with Crippen molar-refractivity contribution in [2.75, 3.05) is 6.79 Å². The predicted molar refractivity (Wildman–Crippen MR) is 106 cm³/mol. The quantitative estimate of drug-likeness (QED) is 0.500. The number of hydrogen-bond acceptors (Lipinski definition) is 7. The van der Waals surface area contributed by atoms with Crippen LogP contribution >= 0.6 is 34.9 Å². The number of ether oxygens (including phenoxy) is 2. The summed E-state index contributed by atoms with van der Waals surface area (Å²) in [6.07, 6.45) is 0. The van der Waals surface area contributed by atoms with Crippen LogP contribution in [0.5, 0.6) is 11.5 Å². The summed E-state index contributed by atoms with van der Waals surface area (Å²) in [5.41, 5.74) is 0.644. The predicted octanol–water partition coefficient (Wildman–Crippen LogP) is 3.29. The molecule has 0 saturated carbocycles. The molecule has 4 heterocycles. The molecule has 5 rings (SSSR count). The number of rotatable bonds is 3. The van der Waals surface area contributed by atoms with Crippen molar-refractivity contribution in [3.63, 3.8) is 0 Å². The van der Waals surface area contributed by atoms with Gasteiger partial charge >= 0.3 is 0 Å². The van der Waals surface area contributed by atoms with Crippen LogP contribution in [0.4, 0.5) is 0 Å². The van der Waals surface area contributed by atoms with Gasteiger partial charge in [-0.1, -0.05) is 17.4 Å². The number of amides is 1. The Kier molecular flexibility index (Phi) is 3.78. The highest BCUT2D eigenvalue weighted by Crippen LogP contribution is 2.36. The smallest absolute Gasteiger partial charge is 0.265 e. The number of aromatic amines is 1. The molecule has 1 aliphatic heterocycles. The van der Waals surface area contributed by atoms with Gasteiger partial charge in [0, 0.05) is 10.9 Å². The molecule has 3 aromatic heterocycles. The summed E-state index contributed by atoms with van der Waals surface area (Å²) in [5, 5.41) is 5.25. The fourth-order valence-corrected chi connectivity index (χ4v) is 4.94. The highest BCUT2D eigenvalue weighted by molar-refractivity contribution is 7.73. The van der Waals surface area contributed by atoms with E-state index in [0.717, 1.165) is 16.2 Å². The second-order valence-electron chi connectivity index (χ2n) is 5.82. The van der Waals surface area contributed by atoms with E-state index in [-0.39, 0.29) is 18.3 Å². The van der Waals surface area contributed by atoms with Gasteiger partial charge in [0.1, 0.15) is 10.5 Å². The Labute approximate surface area is 164 Å². The lowest BCUT2D eigenvalue weighted by molar-refractivity contribution is 0.0956. The zero-order valence-corrected chi connectivity index (χ0v) is 16.1. The average Bonchev–Trinajstić information content (AvgIpc) is 3.38. The van der Waals surface area contributed by atoms with E-state index in [1.54, 1.807) is 27.9 Å². The number of nitrogens with zero attached hydrogens (tertiary/aromatic N) is 1. The van der Waals surface area contributed by atoms with E-state index >= 15 is 0 Å². The highest BCUT2D eigenvalue weighted by Gasteiger charge is 2.21. The van der Waals surface area contributed by atoms with Crippen LogP contribution in [0, 0.1) is 3.95 Å². The molecule has 7 nitrogen and oxygen atoms in total. The number of hydrogen-bond donors (Lipinski definition) is 2. The topological polar surface area (TPSA) is 84.8 Å². The number of thiophene rings is 1. The first-order chi connectivity index (χ1) is 13.1. The molecule has 4 aromatic rings. The standard InChI is InChI=1S/C17H11N3O4S3/c21-15-9-4-11-12(24-7-23-11)5-10(9)20-14(19-15)13(27-17(20)25)16(22)18-6-8-2-1-3-26-8/h1-5H,6-7H2,(H,18,22)(H,19,21). The summed E-state index contributed by atoms with van der Waals surface area (Å²) in [6, 6.07) is 7.22. The molecule has 0 radical (unpaired) electrons. The van der Waals surface area contributed by atoms with Crippen LogP contribution in [0.25, 0.3) is 16.6 Å². The van der Waals surface area contributed by atoms with E-state index in [4.69, 9.17) is 21.7 Å². The van der Waals surface area contributed by atoms with E-state index in [0.29, 0.717) is 43.4 Å². The first kappa shape index (κ1) is 16.5. The molecule has 2 N–H and O–H groups in total. The number of aromatic nitrogens is 2. The summed E-state index contributed by atoms with van der Waals surface area (Å²) in [5.74, 6) is 0.784. The van der Waals surface area contributed by atoms with Gasteiger partial charge in [-0.3, -0.25) is 14.0 Å². The molecule has 27 heavy (non-hydrogen) atoms. The van der Waals surface area contributed by atoms with Gasteiger partial charge in [0.15, 0.2) is 15.5 Å². The number of thiazole rings is 1. The molecule has 0 saturated heterocycles. The number of benzene rings is 1. The summed E-state index contributed by atoms with van der Waals surface area (Å²) >= 11 is 8.19. The molecular weight excluding hydrogens is 406 g/mol. The Morgan fingerprint density at radius 2 is 2.15 bits per heavy atom. The molecule has 0 aliphatic carbocycles. The number of carbonyl (C=O) groups is 1. The Bertz CT molecular complexity index is 1320. The molecule has 0 spiro atoms. The minimum Gasteiger partial charge on any atom is -0.454 e. The molecule has 0 unspecified atom stereocenters. The van der Waals surface area contributed by atoms with Crippen molar-refractivity contribution in [3.8, 4) is 11.5 Å². The minimum atomic E-state index is -0.316. The van der Waals surface area contributed by atoms with Crippen molar-refractivity contribution >= 4 is 57.3 Å². The molecule has 1 aromatic carbocycles. The average molecular weight is 417 g/mol. The molecule has 0 atom stereocenters. The Morgan fingerprint density at radius 1 is 1.33 bits per heavy atom. The fraction of sp³-hybridized carbons (Fsp3) is 0.118. The maximum Gasteiger partial charge on any atom is 0.265 e. The van der Waals surface area contributed by atoms with Gasteiger partial charge in [0.2, 0.25) is 6.79 Å². The second kappa shape index (κ2) is 6.19. The highest BCUT2D eigenvalue weighted by atomic mass is 32.1. The van der Waals surface area contributed by atoms with E-state index in [2.05, 4.69) is 10.3 Å². The molecule has 0 fully saturated rings. The maximum atomic E-state index is 12.7. The zero-order chi connectivity index (χ0) is 18.5. The number of carbonyl (C=O) groups excluding carboxylic acids is 1. The van der Waals surface area contributed by atoms with Crippen LogP contribution in [-0.2, 0) is 6.54 Å². The summed E-state index contributed by atoms with van der Waals surface area (Å²) in [7, 11) is 0. The summed E-state index contributed by atoms with van der Waals surface area (Å²) in [6.45, 7) is 0.530. The van der Waals surface area contributed by atoms with E-state index in [1.807, 2.05) is 17.5 Å². The molecule has 0 bridgehead atoms. The first-order valence-electron chi connectivity index (χ1n) is 7.93. The van der Waals surface area contributed by atoms with Crippen LogP contribution in [0.2, 0.25) is 0 Å². The summed E-state index contributed by atoms with van der Waals surface area (Å²) < 4.78 is 12.9. The maximum absolute atomic E-state index is 12.7. The van der Waals surface area contributed by atoms with Crippen molar-refractivity contribution in [1.29, 1.82) is 0 Å². The van der Waals surface area contributed by atoms with Gasteiger partial charge < -0.3 is 19.8 Å². The van der Waals surface area contributed by atoms with Gasteiger partial charge in [-0.05, 0) is 29.7 Å². The molecular formula is C17H11N3O4S3. The van der Waals surface area contributed by atoms with Crippen LogP contribution in [0.15, 0.2) is 34.4 Å². The van der Waals surface area contributed by atoms with Crippen molar-refractivity contribution in [2.24, 2.45) is 0 Å². The van der Waals surface area contributed by atoms with E-state index in [9.17, 15) is 9.59 Å². The number of fused-ring (bicyclic) bond motifs is 4. The summed E-state index contributed by atoms with van der Waals surface area (Å²) in [4.78, 5) is 29.5. The van der Waals surface area contributed by atoms with Crippen molar-refractivity contribution in [3.05, 3.63) is 53.7 Å². The number of nitrogens with one attached hydrogen (secondary N) is 2. The van der Waals surface area contributed by atoms with Crippen molar-refractivity contribution < 1.29 is 14.3 Å². The second-order valence-corrected chi connectivity index (χ2v) is 8.50. The van der Waals surface area contributed by atoms with Gasteiger partial charge in [0.25, 0.3) is 11.5 Å². The SMILES string of the molecule is O=C(NCc1cccs1)c1sc(=S)n2c1[nH]c(=O)c1cc3c(cc12)OCO3. The molecule has 136 valence electrons. The van der Waals surface area contributed by atoms with Crippen molar-refractivity contribution in [1.82, 2.24) is 14.7 Å². The van der Waals surface area contributed by atoms with Crippen LogP contribution in [-0.4, -0.2) is 22.1 Å². The third-order valence-corrected chi connectivity index (χ3v) is 6.48. The largest absolute Gasteiger partial charge is 0.454 e. The van der Waals surface area contributed by atoms with Crippen LogP contribution < -0.4 is 20.3 Å². The number of H-pyrrole nitrogens is 1. The van der Waals surface area contributed by atoms with Crippen molar-refractivity contribution in [2.45, 2.75) is 6.54 Å². The zero-order valence-electron chi connectivity index (χ0n) is 13.6. The molecule has 10 heteroatoms. The molecule has 1 amide bonds. The Morgan fingerprint density at radius 3 is 2.93 bits per heavy atom. The van der Waals surface area contributed by atoms with Crippen LogP contribution in [0.1, 0.15) is 14.5 Å². The molecule has 1 aliphatic rings. The third-order valence-electron chi connectivity index (χ3n) is 4.23. The lowest BCUT2D eigenvalue weighted by Crippen LogP contribution is -2.22. The lowest BCUT2D eigenvalue weighted by Gasteiger charge is -2.05. The van der Waals surface area contributed by atoms with E-state index in [1.165, 1.54) is 0 Å². The van der Waals surface area contributed by atoms with E-state index < -0.39 is 0 Å². The first-order valence-corrected chi connectivity index (χ1v) is 10.0. The minimum absolute atomic E-state index is 0.109. The van der Waals surface area contributed by atoms with Gasteiger partial charge in [0.05, 0.1) is 17.4 Å². The third kappa shape index (κ3) is 2.64.